The predicted octanol–water partition coefficient (Wildman–Crippen LogP) is 3.61. The number of aliphatic imine (C=N–C) groups is 1. The van der Waals surface area contributed by atoms with E-state index in [0.29, 0.717) is 19.8 Å². The lowest BCUT2D eigenvalue weighted by atomic mass is 10.2. The molecule has 0 aliphatic carbocycles. The largest absolute Gasteiger partial charge is 0.497 e. The van der Waals surface area contributed by atoms with Gasteiger partial charge in [0.1, 0.15) is 11.5 Å². The zero-order valence-corrected chi connectivity index (χ0v) is 18.4. The summed E-state index contributed by atoms with van der Waals surface area (Å²) in [6.45, 7) is 5.57. The van der Waals surface area contributed by atoms with Crippen molar-refractivity contribution in [2.45, 2.75) is 26.4 Å². The topological polar surface area (TPSA) is 68.0 Å². The van der Waals surface area contributed by atoms with Crippen LogP contribution in [0.1, 0.15) is 24.7 Å². The third kappa shape index (κ3) is 9.67. The van der Waals surface area contributed by atoms with Crippen LogP contribution in [0, 0.1) is 0 Å². The van der Waals surface area contributed by atoms with Gasteiger partial charge in [0.05, 0.1) is 26.6 Å². The molecule has 27 heavy (non-hydrogen) atoms. The molecule has 1 heterocycles. The van der Waals surface area contributed by atoms with Crippen molar-refractivity contribution in [3.63, 3.8) is 0 Å². The second-order valence-electron chi connectivity index (χ2n) is 5.81. The van der Waals surface area contributed by atoms with Crippen molar-refractivity contribution >= 4 is 29.9 Å². The van der Waals surface area contributed by atoms with Crippen molar-refractivity contribution in [1.82, 2.24) is 10.6 Å². The van der Waals surface area contributed by atoms with Crippen LogP contribution in [-0.4, -0.2) is 39.3 Å². The van der Waals surface area contributed by atoms with Crippen molar-refractivity contribution in [1.29, 1.82) is 0 Å². The first-order chi connectivity index (χ1) is 12.8. The van der Waals surface area contributed by atoms with Crippen LogP contribution >= 0.6 is 24.0 Å². The van der Waals surface area contributed by atoms with Gasteiger partial charge in [0.2, 0.25) is 0 Å². The quantitative estimate of drug-likeness (QED) is 0.220. The Balaban J connectivity index is 0.00000364. The summed E-state index contributed by atoms with van der Waals surface area (Å²) in [5.74, 6) is 2.63. The molecule has 0 saturated heterocycles. The van der Waals surface area contributed by atoms with Gasteiger partial charge in [0.15, 0.2) is 5.96 Å². The van der Waals surface area contributed by atoms with Crippen molar-refractivity contribution in [3.8, 4) is 5.75 Å². The van der Waals surface area contributed by atoms with Crippen molar-refractivity contribution in [3.05, 3.63) is 54.0 Å². The van der Waals surface area contributed by atoms with E-state index in [0.717, 1.165) is 49.0 Å². The summed E-state index contributed by atoms with van der Waals surface area (Å²) in [7, 11) is 1.66. The third-order valence-electron chi connectivity index (χ3n) is 3.70. The number of nitrogens with zero attached hydrogens (tertiary/aromatic N) is 1. The van der Waals surface area contributed by atoms with E-state index in [9.17, 15) is 0 Å². The molecular formula is C20H30IN3O3. The van der Waals surface area contributed by atoms with Gasteiger partial charge >= 0.3 is 0 Å². The van der Waals surface area contributed by atoms with E-state index in [-0.39, 0.29) is 24.0 Å². The number of halogens is 1. The van der Waals surface area contributed by atoms with Gasteiger partial charge in [-0.05, 0) is 36.2 Å². The van der Waals surface area contributed by atoms with Gasteiger partial charge in [-0.2, -0.15) is 0 Å². The Kier molecular flexibility index (Phi) is 12.4. The zero-order valence-electron chi connectivity index (χ0n) is 16.1. The number of furan rings is 1. The van der Waals surface area contributed by atoms with Crippen molar-refractivity contribution < 1.29 is 13.9 Å². The first-order valence-corrected chi connectivity index (χ1v) is 9.07. The van der Waals surface area contributed by atoms with Crippen LogP contribution in [-0.2, 0) is 17.8 Å². The summed E-state index contributed by atoms with van der Waals surface area (Å²) in [5, 5.41) is 6.63. The minimum absolute atomic E-state index is 0. The molecule has 1 aromatic heterocycles. The Bertz CT molecular complexity index is 630. The van der Waals surface area contributed by atoms with Gasteiger partial charge < -0.3 is 24.5 Å². The van der Waals surface area contributed by atoms with Gasteiger partial charge in [0.25, 0.3) is 0 Å². The zero-order chi connectivity index (χ0) is 18.5. The van der Waals surface area contributed by atoms with Gasteiger partial charge in [-0.3, -0.25) is 4.99 Å². The lowest BCUT2D eigenvalue weighted by molar-refractivity contribution is 0.125. The fraction of sp³-hybridized carbons (Fsp3) is 0.450. The van der Waals surface area contributed by atoms with Crippen LogP contribution < -0.4 is 15.4 Å². The molecule has 1 aromatic carbocycles. The summed E-state index contributed by atoms with van der Waals surface area (Å²) in [4.78, 5) is 4.53. The van der Waals surface area contributed by atoms with E-state index < -0.39 is 0 Å². The fourth-order valence-electron chi connectivity index (χ4n) is 2.31. The highest BCUT2D eigenvalue weighted by Crippen LogP contribution is 2.11. The molecule has 6 nitrogen and oxygen atoms in total. The second-order valence-corrected chi connectivity index (χ2v) is 5.81. The first kappa shape index (κ1) is 23.3. The van der Waals surface area contributed by atoms with Crippen LogP contribution in [0.25, 0.3) is 0 Å². The second kappa shape index (κ2) is 14.3. The summed E-state index contributed by atoms with van der Waals surface area (Å²) in [6.07, 6.45) is 3.53. The lowest BCUT2D eigenvalue weighted by Crippen LogP contribution is -2.40. The molecule has 0 aliphatic heterocycles. The van der Waals surface area contributed by atoms with E-state index >= 15 is 0 Å². The van der Waals surface area contributed by atoms with Crippen LogP contribution in [0.5, 0.6) is 5.75 Å². The van der Waals surface area contributed by atoms with Crippen LogP contribution in [0.4, 0.5) is 0 Å². The van der Waals surface area contributed by atoms with Gasteiger partial charge in [0, 0.05) is 26.1 Å². The summed E-state index contributed by atoms with van der Waals surface area (Å²) >= 11 is 0. The van der Waals surface area contributed by atoms with E-state index in [4.69, 9.17) is 13.9 Å². The minimum Gasteiger partial charge on any atom is -0.497 e. The molecule has 0 saturated carbocycles. The molecule has 0 amide bonds. The van der Waals surface area contributed by atoms with E-state index in [1.54, 1.807) is 13.4 Å². The van der Waals surface area contributed by atoms with Crippen molar-refractivity contribution in [2.75, 3.05) is 33.4 Å². The SMILES string of the molecule is CCCN=C(NCCOCc1ccc(OC)cc1)NCCc1ccco1.I. The highest BCUT2D eigenvalue weighted by Gasteiger charge is 2.00. The highest BCUT2D eigenvalue weighted by molar-refractivity contribution is 14.0. The molecule has 0 fully saturated rings. The third-order valence-corrected chi connectivity index (χ3v) is 3.70. The first-order valence-electron chi connectivity index (χ1n) is 9.07. The molecule has 0 bridgehead atoms. The summed E-state index contributed by atoms with van der Waals surface area (Å²) in [5.41, 5.74) is 1.13. The minimum atomic E-state index is 0. The number of nitrogens with one attached hydrogen (secondary N) is 2. The molecule has 0 atom stereocenters. The molecule has 2 aromatic rings. The molecule has 0 unspecified atom stereocenters. The van der Waals surface area contributed by atoms with Crippen molar-refractivity contribution in [2.24, 2.45) is 4.99 Å². The van der Waals surface area contributed by atoms with Gasteiger partial charge in [-0.15, -0.1) is 24.0 Å². The molecule has 2 rings (SSSR count). The normalized spacial score (nSPS) is 11.0. The number of guanidine groups is 1. The highest BCUT2D eigenvalue weighted by atomic mass is 127. The Hall–Kier alpha value is -1.74. The number of methoxy groups -OCH3 is 1. The maximum Gasteiger partial charge on any atom is 0.191 e. The predicted molar refractivity (Wildman–Crippen MR) is 119 cm³/mol. The average Bonchev–Trinajstić information content (AvgIpc) is 3.19. The monoisotopic (exact) mass is 487 g/mol. The maximum atomic E-state index is 5.71. The smallest absolute Gasteiger partial charge is 0.191 e. The molecule has 150 valence electrons. The Morgan fingerprint density at radius 2 is 1.89 bits per heavy atom. The fourth-order valence-corrected chi connectivity index (χ4v) is 2.31. The number of hydrogen-bond donors (Lipinski definition) is 2. The molecule has 0 aliphatic rings. The Morgan fingerprint density at radius 1 is 1.11 bits per heavy atom. The molecule has 7 heteroatoms. The molecule has 2 N–H and O–H groups in total. The number of hydrogen-bond acceptors (Lipinski definition) is 4. The van der Waals surface area contributed by atoms with Gasteiger partial charge in [-0.25, -0.2) is 0 Å². The van der Waals surface area contributed by atoms with E-state index in [1.807, 2.05) is 36.4 Å². The summed E-state index contributed by atoms with van der Waals surface area (Å²) < 4.78 is 16.2. The average molecular weight is 487 g/mol. The Morgan fingerprint density at radius 3 is 2.56 bits per heavy atom. The van der Waals surface area contributed by atoms with Crippen LogP contribution in [0.15, 0.2) is 52.1 Å². The number of benzene rings is 1. The number of ether oxygens (including phenoxy) is 2. The van der Waals surface area contributed by atoms with Gasteiger partial charge in [-0.1, -0.05) is 19.1 Å². The maximum absolute atomic E-state index is 5.71. The molecule has 0 spiro atoms. The molecule has 0 radical (unpaired) electrons. The van der Waals surface area contributed by atoms with Crippen LogP contribution in [0.3, 0.4) is 0 Å². The Labute approximate surface area is 178 Å². The van der Waals surface area contributed by atoms with Crippen LogP contribution in [0.2, 0.25) is 0 Å². The molecular weight excluding hydrogens is 457 g/mol. The lowest BCUT2D eigenvalue weighted by Gasteiger charge is -2.12. The van der Waals surface area contributed by atoms with E-state index in [1.165, 1.54) is 0 Å². The summed E-state index contributed by atoms with van der Waals surface area (Å²) in [6, 6.07) is 11.8. The number of rotatable bonds is 11. The van der Waals surface area contributed by atoms with E-state index in [2.05, 4.69) is 22.5 Å². The standard InChI is InChI=1S/C20H29N3O3.HI/c1-3-11-21-20(22-12-10-19-5-4-14-26-19)23-13-15-25-16-17-6-8-18(24-2)9-7-17;/h4-9,14H,3,10-13,15-16H2,1-2H3,(H2,21,22,23);1H.